The fourth-order valence-electron chi connectivity index (χ4n) is 4.04. The molecular weight excluding hydrogens is 360 g/mol. The van der Waals surface area contributed by atoms with Crippen molar-refractivity contribution in [2.24, 2.45) is 0 Å². The number of urea groups is 1. The summed E-state index contributed by atoms with van der Waals surface area (Å²) in [5.74, 6) is 2.71. The number of hydrogen-bond donors (Lipinski definition) is 0. The van der Waals surface area contributed by atoms with Gasteiger partial charge in [-0.05, 0) is 25.8 Å². The van der Waals surface area contributed by atoms with Crippen LogP contribution in [0.5, 0.6) is 0 Å². The molecule has 0 aliphatic carbocycles. The van der Waals surface area contributed by atoms with Gasteiger partial charge in [-0.1, -0.05) is 0 Å². The number of amides is 3. The first-order valence-electron chi connectivity index (χ1n) is 9.67. The molecule has 150 valence electrons. The third-order valence-corrected chi connectivity index (χ3v) is 5.67. The summed E-state index contributed by atoms with van der Waals surface area (Å²) in [5, 5.41) is 8.80. The van der Waals surface area contributed by atoms with Crippen molar-refractivity contribution in [3.63, 3.8) is 0 Å². The molecule has 2 aromatic rings. The third-order valence-electron chi connectivity index (χ3n) is 5.67. The Morgan fingerprint density at radius 3 is 2.50 bits per heavy atom. The monoisotopic (exact) mass is 386 g/mol. The number of nitrogens with zero attached hydrogens (tertiary/aromatic N) is 6. The first kappa shape index (κ1) is 18.5. The standard InChI is InChI=1S/C19H26N6O3/c1-13-15(6-11-28-13)18(26)24-9-10-25-16(12-24)20-21-17(25)14-4-7-23(8-5-14)19(27)22(2)3/h6,11,14H,4-5,7-10,12H2,1-3H3. The minimum atomic E-state index is -0.0300. The number of likely N-dealkylation sites (tertiary alicyclic amines) is 1. The largest absolute Gasteiger partial charge is 0.469 e. The Morgan fingerprint density at radius 1 is 1.11 bits per heavy atom. The molecule has 28 heavy (non-hydrogen) atoms. The summed E-state index contributed by atoms with van der Waals surface area (Å²) in [6, 6.07) is 1.77. The van der Waals surface area contributed by atoms with Gasteiger partial charge in [0.1, 0.15) is 11.6 Å². The summed E-state index contributed by atoms with van der Waals surface area (Å²) in [6.45, 7) is 5.03. The van der Waals surface area contributed by atoms with Crippen LogP contribution in [-0.2, 0) is 13.1 Å². The van der Waals surface area contributed by atoms with Crippen molar-refractivity contribution in [1.82, 2.24) is 29.5 Å². The molecule has 0 radical (unpaired) electrons. The van der Waals surface area contributed by atoms with Gasteiger partial charge in [0, 0.05) is 46.2 Å². The smallest absolute Gasteiger partial charge is 0.319 e. The van der Waals surface area contributed by atoms with Gasteiger partial charge in [-0.15, -0.1) is 10.2 Å². The van der Waals surface area contributed by atoms with Gasteiger partial charge >= 0.3 is 6.03 Å². The van der Waals surface area contributed by atoms with Crippen LogP contribution in [0.4, 0.5) is 4.79 Å². The number of carbonyl (C=O) groups excluding carboxylic acids is 2. The Kier molecular flexibility index (Phi) is 4.82. The number of aryl methyl sites for hydroxylation is 1. The fraction of sp³-hybridized carbons (Fsp3) is 0.579. The van der Waals surface area contributed by atoms with Gasteiger partial charge in [0.2, 0.25) is 0 Å². The van der Waals surface area contributed by atoms with Gasteiger partial charge in [-0.25, -0.2) is 4.79 Å². The Morgan fingerprint density at radius 2 is 1.86 bits per heavy atom. The van der Waals surface area contributed by atoms with Crippen molar-refractivity contribution in [2.45, 2.75) is 38.8 Å². The van der Waals surface area contributed by atoms with E-state index in [1.54, 1.807) is 43.1 Å². The Balaban J connectivity index is 1.43. The molecule has 0 aromatic carbocycles. The van der Waals surface area contributed by atoms with Crippen molar-refractivity contribution < 1.29 is 14.0 Å². The summed E-state index contributed by atoms with van der Waals surface area (Å²) in [6.07, 6.45) is 3.31. The number of aromatic nitrogens is 3. The molecular formula is C19H26N6O3. The molecule has 0 spiro atoms. The van der Waals surface area contributed by atoms with Crippen molar-refractivity contribution in [2.75, 3.05) is 33.7 Å². The molecule has 2 aliphatic heterocycles. The van der Waals surface area contributed by atoms with E-state index in [0.717, 1.165) is 37.6 Å². The summed E-state index contributed by atoms with van der Waals surface area (Å²) < 4.78 is 7.41. The lowest BCUT2D eigenvalue weighted by Crippen LogP contribution is -2.44. The summed E-state index contributed by atoms with van der Waals surface area (Å²) >= 11 is 0. The predicted octanol–water partition coefficient (Wildman–Crippen LogP) is 1.70. The Bertz CT molecular complexity index is 878. The number of carbonyl (C=O) groups is 2. The molecule has 1 fully saturated rings. The van der Waals surface area contributed by atoms with Crippen molar-refractivity contribution in [1.29, 1.82) is 0 Å². The van der Waals surface area contributed by atoms with Crippen LogP contribution in [0.2, 0.25) is 0 Å². The third kappa shape index (κ3) is 3.25. The molecule has 9 nitrogen and oxygen atoms in total. The second-order valence-electron chi connectivity index (χ2n) is 7.68. The highest BCUT2D eigenvalue weighted by atomic mass is 16.3. The molecule has 0 atom stereocenters. The van der Waals surface area contributed by atoms with Crippen LogP contribution in [0.25, 0.3) is 0 Å². The number of hydrogen-bond acceptors (Lipinski definition) is 5. The van der Waals surface area contributed by atoms with E-state index in [1.165, 1.54) is 0 Å². The van der Waals surface area contributed by atoms with E-state index in [9.17, 15) is 9.59 Å². The zero-order valence-corrected chi connectivity index (χ0v) is 16.6. The molecule has 0 saturated carbocycles. The summed E-state index contributed by atoms with van der Waals surface area (Å²) in [4.78, 5) is 30.1. The maximum absolute atomic E-state index is 12.7. The minimum Gasteiger partial charge on any atom is -0.469 e. The van der Waals surface area contributed by atoms with Gasteiger partial charge in [-0.2, -0.15) is 0 Å². The second kappa shape index (κ2) is 7.29. The van der Waals surface area contributed by atoms with Crippen LogP contribution in [0.1, 0.15) is 46.5 Å². The SMILES string of the molecule is Cc1occc1C(=O)N1CCn2c(nnc2C2CCN(C(=O)N(C)C)CC2)C1. The van der Waals surface area contributed by atoms with Crippen LogP contribution in [-0.4, -0.2) is 75.1 Å². The second-order valence-corrected chi connectivity index (χ2v) is 7.68. The molecule has 0 bridgehead atoms. The summed E-state index contributed by atoms with van der Waals surface area (Å²) in [7, 11) is 3.56. The molecule has 2 aliphatic rings. The number of fused-ring (bicyclic) bond motifs is 1. The van der Waals surface area contributed by atoms with Crippen LogP contribution < -0.4 is 0 Å². The molecule has 3 amide bonds. The highest BCUT2D eigenvalue weighted by molar-refractivity contribution is 5.95. The van der Waals surface area contributed by atoms with E-state index < -0.39 is 0 Å². The van der Waals surface area contributed by atoms with Crippen molar-refractivity contribution in [3.05, 3.63) is 35.3 Å². The molecule has 2 aromatic heterocycles. The van der Waals surface area contributed by atoms with Crippen molar-refractivity contribution >= 4 is 11.9 Å². The van der Waals surface area contributed by atoms with Gasteiger partial charge in [-0.3, -0.25) is 4.79 Å². The van der Waals surface area contributed by atoms with Crippen LogP contribution in [0.15, 0.2) is 16.7 Å². The van der Waals surface area contributed by atoms with E-state index in [0.29, 0.717) is 36.9 Å². The quantitative estimate of drug-likeness (QED) is 0.784. The van der Waals surface area contributed by atoms with E-state index in [1.807, 2.05) is 4.90 Å². The first-order chi connectivity index (χ1) is 13.5. The minimum absolute atomic E-state index is 0.0300. The number of piperidine rings is 1. The number of furan rings is 1. The lowest BCUT2D eigenvalue weighted by atomic mass is 9.96. The molecule has 0 N–H and O–H groups in total. The zero-order valence-electron chi connectivity index (χ0n) is 16.6. The topological polar surface area (TPSA) is 87.7 Å². The van der Waals surface area contributed by atoms with E-state index in [4.69, 9.17) is 4.42 Å². The zero-order chi connectivity index (χ0) is 19.8. The number of rotatable bonds is 2. The maximum Gasteiger partial charge on any atom is 0.319 e. The Labute approximate surface area is 163 Å². The molecule has 0 unspecified atom stereocenters. The highest BCUT2D eigenvalue weighted by Gasteiger charge is 2.31. The average molecular weight is 386 g/mol. The molecule has 4 rings (SSSR count). The van der Waals surface area contributed by atoms with E-state index >= 15 is 0 Å². The van der Waals surface area contributed by atoms with Crippen LogP contribution in [0, 0.1) is 6.92 Å². The lowest BCUT2D eigenvalue weighted by Gasteiger charge is -2.34. The van der Waals surface area contributed by atoms with Gasteiger partial charge in [0.05, 0.1) is 18.4 Å². The predicted molar refractivity (Wildman–Crippen MR) is 101 cm³/mol. The fourth-order valence-corrected chi connectivity index (χ4v) is 4.04. The highest BCUT2D eigenvalue weighted by Crippen LogP contribution is 2.29. The Hall–Kier alpha value is -2.84. The molecule has 4 heterocycles. The van der Waals surface area contributed by atoms with Gasteiger partial charge in [0.25, 0.3) is 5.91 Å². The van der Waals surface area contributed by atoms with E-state index in [-0.39, 0.29) is 11.9 Å². The van der Waals surface area contributed by atoms with Gasteiger partial charge < -0.3 is 23.7 Å². The van der Waals surface area contributed by atoms with Crippen molar-refractivity contribution in [3.8, 4) is 0 Å². The lowest BCUT2D eigenvalue weighted by molar-refractivity contribution is 0.0704. The molecule has 1 saturated heterocycles. The van der Waals surface area contributed by atoms with Crippen LogP contribution in [0.3, 0.4) is 0 Å². The first-order valence-corrected chi connectivity index (χ1v) is 9.67. The van der Waals surface area contributed by atoms with Gasteiger partial charge in [0.15, 0.2) is 5.82 Å². The average Bonchev–Trinajstić information content (AvgIpc) is 3.32. The molecule has 9 heteroatoms. The van der Waals surface area contributed by atoms with Crippen LogP contribution >= 0.6 is 0 Å². The normalized spacial score (nSPS) is 17.5. The summed E-state index contributed by atoms with van der Waals surface area (Å²) in [5.41, 5.74) is 0.603. The maximum atomic E-state index is 12.7. The van der Waals surface area contributed by atoms with E-state index in [2.05, 4.69) is 14.8 Å².